The van der Waals surface area contributed by atoms with Gasteiger partial charge in [0.2, 0.25) is 11.3 Å². The molecule has 1 aromatic heterocycles. The summed E-state index contributed by atoms with van der Waals surface area (Å²) in [5.41, 5.74) is 6.66. The third-order valence-electron chi connectivity index (χ3n) is 3.59. The summed E-state index contributed by atoms with van der Waals surface area (Å²) in [6.45, 7) is 0.411. The minimum absolute atomic E-state index is 0.142. The minimum atomic E-state index is -0.516. The second kappa shape index (κ2) is 6.36. The lowest BCUT2D eigenvalue weighted by Gasteiger charge is -2.07. The fourth-order valence-corrected chi connectivity index (χ4v) is 2.43. The van der Waals surface area contributed by atoms with Crippen molar-refractivity contribution in [2.45, 2.75) is 6.42 Å². The summed E-state index contributed by atoms with van der Waals surface area (Å²) >= 11 is 0. The van der Waals surface area contributed by atoms with Crippen LogP contribution in [-0.2, 0) is 6.42 Å². The number of carbonyl (C=O) groups is 1. The number of nitrogens with one attached hydrogen (secondary N) is 1. The summed E-state index contributed by atoms with van der Waals surface area (Å²) in [6.07, 6.45) is 0.672. The SMILES string of the molecule is Nc1oc2ccccc2c(=O)c1C(=O)NCCc1ccccc1. The van der Waals surface area contributed by atoms with Crippen LogP contribution >= 0.6 is 0 Å². The fourth-order valence-electron chi connectivity index (χ4n) is 2.43. The van der Waals surface area contributed by atoms with E-state index in [1.54, 1.807) is 24.3 Å². The Bertz CT molecular complexity index is 901. The van der Waals surface area contributed by atoms with E-state index in [-0.39, 0.29) is 11.4 Å². The Morgan fingerprint density at radius 2 is 1.74 bits per heavy atom. The molecule has 5 heteroatoms. The first-order valence-corrected chi connectivity index (χ1v) is 7.30. The Balaban J connectivity index is 1.80. The van der Waals surface area contributed by atoms with Gasteiger partial charge in [0.1, 0.15) is 11.1 Å². The quantitative estimate of drug-likeness (QED) is 0.774. The van der Waals surface area contributed by atoms with Crippen molar-refractivity contribution in [3.63, 3.8) is 0 Å². The topological polar surface area (TPSA) is 85.3 Å². The lowest BCUT2D eigenvalue weighted by Crippen LogP contribution is -2.31. The number of fused-ring (bicyclic) bond motifs is 1. The summed E-state index contributed by atoms with van der Waals surface area (Å²) < 4.78 is 5.38. The zero-order valence-corrected chi connectivity index (χ0v) is 12.4. The van der Waals surface area contributed by atoms with Gasteiger partial charge in [-0.25, -0.2) is 0 Å². The van der Waals surface area contributed by atoms with Crippen LogP contribution in [0.15, 0.2) is 63.8 Å². The van der Waals surface area contributed by atoms with Crippen LogP contribution in [0.1, 0.15) is 15.9 Å². The zero-order chi connectivity index (χ0) is 16.2. The molecule has 1 heterocycles. The Labute approximate surface area is 132 Å². The van der Waals surface area contributed by atoms with E-state index in [1.807, 2.05) is 30.3 Å². The van der Waals surface area contributed by atoms with Crippen molar-refractivity contribution in [3.8, 4) is 0 Å². The van der Waals surface area contributed by atoms with E-state index in [2.05, 4.69) is 5.32 Å². The Morgan fingerprint density at radius 3 is 2.52 bits per heavy atom. The number of hydrogen-bond acceptors (Lipinski definition) is 4. The standard InChI is InChI=1S/C18H16N2O3/c19-17-15(16(21)13-8-4-5-9-14(13)23-17)18(22)20-11-10-12-6-2-1-3-7-12/h1-9H,10-11,19H2,(H,20,22). The van der Waals surface area contributed by atoms with E-state index < -0.39 is 11.3 Å². The summed E-state index contributed by atoms with van der Waals surface area (Å²) in [5, 5.41) is 3.06. The molecular formula is C18H16N2O3. The lowest BCUT2D eigenvalue weighted by atomic mass is 10.1. The molecule has 0 spiro atoms. The summed E-state index contributed by atoms with van der Waals surface area (Å²) in [6, 6.07) is 16.5. The molecule has 0 aliphatic carbocycles. The van der Waals surface area contributed by atoms with Crippen LogP contribution in [0.4, 0.5) is 5.88 Å². The van der Waals surface area contributed by atoms with Gasteiger partial charge >= 0.3 is 0 Å². The Kier molecular flexibility index (Phi) is 4.10. The molecule has 116 valence electrons. The minimum Gasteiger partial charge on any atom is -0.440 e. The Morgan fingerprint density at radius 1 is 1.04 bits per heavy atom. The predicted molar refractivity (Wildman–Crippen MR) is 89.4 cm³/mol. The van der Waals surface area contributed by atoms with Crippen molar-refractivity contribution < 1.29 is 9.21 Å². The number of nitrogens with two attached hydrogens (primary N) is 1. The molecule has 3 aromatic rings. The molecule has 23 heavy (non-hydrogen) atoms. The second-order valence-corrected chi connectivity index (χ2v) is 5.16. The average molecular weight is 308 g/mol. The van der Waals surface area contributed by atoms with E-state index in [0.717, 1.165) is 5.56 Å². The zero-order valence-electron chi connectivity index (χ0n) is 12.4. The predicted octanol–water partition coefficient (Wildman–Crippen LogP) is 2.35. The van der Waals surface area contributed by atoms with Crippen LogP contribution in [0.5, 0.6) is 0 Å². The molecule has 2 aromatic carbocycles. The molecule has 0 aliphatic rings. The number of anilines is 1. The van der Waals surface area contributed by atoms with Crippen LogP contribution in [-0.4, -0.2) is 12.5 Å². The molecule has 0 fully saturated rings. The molecular weight excluding hydrogens is 292 g/mol. The van der Waals surface area contributed by atoms with Gasteiger partial charge in [-0.3, -0.25) is 9.59 Å². The van der Waals surface area contributed by atoms with Gasteiger partial charge in [-0.2, -0.15) is 0 Å². The largest absolute Gasteiger partial charge is 0.440 e. The molecule has 1 amide bonds. The highest BCUT2D eigenvalue weighted by Crippen LogP contribution is 2.16. The molecule has 0 bridgehead atoms. The number of nitrogen functional groups attached to an aromatic ring is 1. The molecule has 3 rings (SSSR count). The molecule has 0 aliphatic heterocycles. The summed E-state index contributed by atoms with van der Waals surface area (Å²) in [4.78, 5) is 24.7. The van der Waals surface area contributed by atoms with Gasteiger partial charge in [-0.15, -0.1) is 0 Å². The van der Waals surface area contributed by atoms with Crippen LogP contribution in [0.3, 0.4) is 0 Å². The molecule has 0 unspecified atom stereocenters. The van der Waals surface area contributed by atoms with E-state index in [0.29, 0.717) is 23.9 Å². The van der Waals surface area contributed by atoms with Gasteiger partial charge in [0.25, 0.3) is 5.91 Å². The van der Waals surface area contributed by atoms with Crippen LogP contribution in [0.25, 0.3) is 11.0 Å². The van der Waals surface area contributed by atoms with E-state index in [1.165, 1.54) is 0 Å². The fraction of sp³-hybridized carbons (Fsp3) is 0.111. The maximum absolute atomic E-state index is 12.4. The van der Waals surface area contributed by atoms with Gasteiger partial charge < -0.3 is 15.5 Å². The van der Waals surface area contributed by atoms with Gasteiger partial charge in [0.15, 0.2) is 0 Å². The van der Waals surface area contributed by atoms with Crippen molar-refractivity contribution >= 4 is 22.8 Å². The number of hydrogen-bond donors (Lipinski definition) is 2. The van der Waals surface area contributed by atoms with Crippen molar-refractivity contribution in [1.29, 1.82) is 0 Å². The highest BCUT2D eigenvalue weighted by atomic mass is 16.3. The number of benzene rings is 2. The number of para-hydroxylation sites is 1. The number of carbonyl (C=O) groups excluding carboxylic acids is 1. The van der Waals surface area contributed by atoms with Crippen molar-refractivity contribution in [1.82, 2.24) is 5.32 Å². The van der Waals surface area contributed by atoms with Gasteiger partial charge in [-0.05, 0) is 24.1 Å². The molecule has 0 atom stereocenters. The van der Waals surface area contributed by atoms with Crippen molar-refractivity contribution in [2.75, 3.05) is 12.3 Å². The normalized spacial score (nSPS) is 10.6. The maximum atomic E-state index is 12.4. The third kappa shape index (κ3) is 3.08. The smallest absolute Gasteiger partial charge is 0.260 e. The van der Waals surface area contributed by atoms with Gasteiger partial charge in [0.05, 0.1) is 5.39 Å². The molecule has 0 saturated heterocycles. The average Bonchev–Trinajstić information content (AvgIpc) is 2.56. The van der Waals surface area contributed by atoms with Gasteiger partial charge in [-0.1, -0.05) is 42.5 Å². The monoisotopic (exact) mass is 308 g/mol. The van der Waals surface area contributed by atoms with Crippen molar-refractivity contribution in [3.05, 3.63) is 75.9 Å². The Hall–Kier alpha value is -3.08. The summed E-state index contributed by atoms with van der Waals surface area (Å²) in [5.74, 6) is -0.677. The lowest BCUT2D eigenvalue weighted by molar-refractivity contribution is 0.0952. The second-order valence-electron chi connectivity index (χ2n) is 5.16. The van der Waals surface area contributed by atoms with Crippen LogP contribution in [0.2, 0.25) is 0 Å². The van der Waals surface area contributed by atoms with E-state index >= 15 is 0 Å². The third-order valence-corrected chi connectivity index (χ3v) is 3.59. The summed E-state index contributed by atoms with van der Waals surface area (Å²) in [7, 11) is 0. The highest BCUT2D eigenvalue weighted by Gasteiger charge is 2.18. The number of rotatable bonds is 4. The first-order chi connectivity index (χ1) is 11.2. The first kappa shape index (κ1) is 14.8. The van der Waals surface area contributed by atoms with Crippen LogP contribution in [0, 0.1) is 0 Å². The maximum Gasteiger partial charge on any atom is 0.260 e. The first-order valence-electron chi connectivity index (χ1n) is 7.30. The molecule has 3 N–H and O–H groups in total. The molecule has 0 saturated carbocycles. The van der Waals surface area contributed by atoms with Crippen molar-refractivity contribution in [2.24, 2.45) is 0 Å². The molecule has 0 radical (unpaired) electrons. The molecule has 5 nitrogen and oxygen atoms in total. The van der Waals surface area contributed by atoms with Crippen LogP contribution < -0.4 is 16.5 Å². The van der Waals surface area contributed by atoms with E-state index in [9.17, 15) is 9.59 Å². The van der Waals surface area contributed by atoms with E-state index in [4.69, 9.17) is 10.2 Å². The number of amides is 1. The highest BCUT2D eigenvalue weighted by molar-refractivity contribution is 6.00. The van der Waals surface area contributed by atoms with Gasteiger partial charge in [0, 0.05) is 6.54 Å².